The standard InChI is InChI=1S/C21H31ClN2O3/c1-14(2)15(3)23-21(25)17-5-7-24(8-6-17)13-16-11-18(22)20-19(12-16)26-9-4-10-27-20/h11-12,14-15,17H,4-10,13H2,1-3H3,(H,23,25). The second kappa shape index (κ2) is 9.16. The molecule has 0 spiro atoms. The predicted octanol–water partition coefficient (Wildman–Crippen LogP) is 3.87. The molecular formula is C21H31ClN2O3. The summed E-state index contributed by atoms with van der Waals surface area (Å²) in [7, 11) is 0. The van der Waals surface area contributed by atoms with Crippen molar-refractivity contribution in [3.05, 3.63) is 22.7 Å². The van der Waals surface area contributed by atoms with Gasteiger partial charge in [-0.3, -0.25) is 9.69 Å². The third-order valence-corrected chi connectivity index (χ3v) is 5.88. The maximum Gasteiger partial charge on any atom is 0.223 e. The summed E-state index contributed by atoms with van der Waals surface area (Å²) in [6, 6.07) is 4.23. The Morgan fingerprint density at radius 1 is 1.22 bits per heavy atom. The lowest BCUT2D eigenvalue weighted by Crippen LogP contribution is -2.44. The molecule has 27 heavy (non-hydrogen) atoms. The summed E-state index contributed by atoms with van der Waals surface area (Å²) in [4.78, 5) is 14.8. The van der Waals surface area contributed by atoms with E-state index in [-0.39, 0.29) is 17.9 Å². The summed E-state index contributed by atoms with van der Waals surface area (Å²) in [5, 5.41) is 3.77. The Balaban J connectivity index is 1.54. The predicted molar refractivity (Wildman–Crippen MR) is 108 cm³/mol. The minimum absolute atomic E-state index is 0.120. The van der Waals surface area contributed by atoms with Crippen LogP contribution in [-0.4, -0.2) is 43.2 Å². The van der Waals surface area contributed by atoms with Gasteiger partial charge in [0, 0.05) is 24.9 Å². The van der Waals surface area contributed by atoms with Crippen LogP contribution in [0.5, 0.6) is 11.5 Å². The van der Waals surface area contributed by atoms with Crippen LogP contribution in [0.25, 0.3) is 0 Å². The first-order valence-electron chi connectivity index (χ1n) is 10.0. The van der Waals surface area contributed by atoms with E-state index < -0.39 is 0 Å². The van der Waals surface area contributed by atoms with Gasteiger partial charge in [0.25, 0.3) is 0 Å². The summed E-state index contributed by atoms with van der Waals surface area (Å²) in [5.74, 6) is 2.18. The van der Waals surface area contributed by atoms with Gasteiger partial charge in [0.15, 0.2) is 11.5 Å². The molecule has 0 aliphatic carbocycles. The zero-order valence-electron chi connectivity index (χ0n) is 16.6. The lowest BCUT2D eigenvalue weighted by atomic mass is 9.94. The van der Waals surface area contributed by atoms with Crippen molar-refractivity contribution in [2.24, 2.45) is 11.8 Å². The maximum atomic E-state index is 12.4. The van der Waals surface area contributed by atoms with Gasteiger partial charge < -0.3 is 14.8 Å². The van der Waals surface area contributed by atoms with Crippen LogP contribution in [-0.2, 0) is 11.3 Å². The van der Waals surface area contributed by atoms with Gasteiger partial charge in [-0.05, 0) is 56.5 Å². The van der Waals surface area contributed by atoms with Crippen molar-refractivity contribution in [3.8, 4) is 11.5 Å². The van der Waals surface area contributed by atoms with Crippen LogP contribution in [0.4, 0.5) is 0 Å². The van der Waals surface area contributed by atoms with Gasteiger partial charge in [-0.1, -0.05) is 25.4 Å². The van der Waals surface area contributed by atoms with Gasteiger partial charge in [0.2, 0.25) is 5.91 Å². The molecule has 1 aromatic carbocycles. The molecule has 1 saturated heterocycles. The normalized spacial score (nSPS) is 19.6. The lowest BCUT2D eigenvalue weighted by molar-refractivity contribution is -0.127. The molecule has 0 aromatic heterocycles. The number of carbonyl (C=O) groups is 1. The molecule has 0 radical (unpaired) electrons. The van der Waals surface area contributed by atoms with E-state index in [0.29, 0.717) is 29.9 Å². The number of amides is 1. The minimum atomic E-state index is 0.120. The Bertz CT molecular complexity index is 657. The third kappa shape index (κ3) is 5.29. The van der Waals surface area contributed by atoms with Gasteiger partial charge in [-0.2, -0.15) is 0 Å². The summed E-state index contributed by atoms with van der Waals surface area (Å²) < 4.78 is 11.5. The highest BCUT2D eigenvalue weighted by atomic mass is 35.5. The number of nitrogens with one attached hydrogen (secondary N) is 1. The first kappa shape index (κ1) is 20.3. The second-order valence-electron chi connectivity index (χ2n) is 8.05. The highest BCUT2D eigenvalue weighted by Crippen LogP contribution is 2.38. The fourth-order valence-electron chi connectivity index (χ4n) is 3.50. The Hall–Kier alpha value is -1.46. The first-order valence-corrected chi connectivity index (χ1v) is 10.4. The molecular weight excluding hydrogens is 364 g/mol. The molecule has 2 aliphatic heterocycles. The fraction of sp³-hybridized carbons (Fsp3) is 0.667. The zero-order chi connectivity index (χ0) is 19.4. The smallest absolute Gasteiger partial charge is 0.223 e. The quantitative estimate of drug-likeness (QED) is 0.823. The maximum absolute atomic E-state index is 12.4. The van der Waals surface area contributed by atoms with Crippen LogP contribution in [0.2, 0.25) is 5.02 Å². The molecule has 0 saturated carbocycles. The number of halogens is 1. The van der Waals surface area contributed by atoms with Crippen LogP contribution in [0.15, 0.2) is 12.1 Å². The Morgan fingerprint density at radius 2 is 1.93 bits per heavy atom. The largest absolute Gasteiger partial charge is 0.489 e. The first-order chi connectivity index (χ1) is 12.9. The SMILES string of the molecule is CC(C)C(C)NC(=O)C1CCN(Cc2cc(Cl)c3c(c2)OCCCO3)CC1. The average Bonchev–Trinajstić information content (AvgIpc) is 2.88. The third-order valence-electron chi connectivity index (χ3n) is 5.60. The van der Waals surface area contributed by atoms with Crippen molar-refractivity contribution in [2.75, 3.05) is 26.3 Å². The molecule has 1 unspecified atom stereocenters. The molecule has 6 heteroatoms. The van der Waals surface area contributed by atoms with Crippen molar-refractivity contribution in [2.45, 2.75) is 52.6 Å². The van der Waals surface area contributed by atoms with E-state index in [1.165, 1.54) is 0 Å². The highest BCUT2D eigenvalue weighted by Gasteiger charge is 2.26. The summed E-state index contributed by atoms with van der Waals surface area (Å²) in [5.41, 5.74) is 1.13. The number of piperidine rings is 1. The zero-order valence-corrected chi connectivity index (χ0v) is 17.3. The Morgan fingerprint density at radius 3 is 2.63 bits per heavy atom. The van der Waals surface area contributed by atoms with E-state index in [0.717, 1.165) is 50.2 Å². The van der Waals surface area contributed by atoms with Crippen molar-refractivity contribution < 1.29 is 14.3 Å². The van der Waals surface area contributed by atoms with Crippen LogP contribution in [0.3, 0.4) is 0 Å². The van der Waals surface area contributed by atoms with Crippen molar-refractivity contribution in [1.29, 1.82) is 0 Å². The molecule has 0 bridgehead atoms. The molecule has 1 atom stereocenters. The van der Waals surface area contributed by atoms with Crippen LogP contribution in [0.1, 0.15) is 45.6 Å². The molecule has 1 aromatic rings. The van der Waals surface area contributed by atoms with E-state index in [4.69, 9.17) is 21.1 Å². The van der Waals surface area contributed by atoms with Gasteiger partial charge in [-0.15, -0.1) is 0 Å². The van der Waals surface area contributed by atoms with Crippen molar-refractivity contribution in [1.82, 2.24) is 10.2 Å². The number of likely N-dealkylation sites (tertiary alicyclic amines) is 1. The van der Waals surface area contributed by atoms with Gasteiger partial charge in [-0.25, -0.2) is 0 Å². The van der Waals surface area contributed by atoms with Crippen LogP contribution < -0.4 is 14.8 Å². The molecule has 1 N–H and O–H groups in total. The number of rotatable bonds is 5. The Labute approximate surface area is 167 Å². The number of benzene rings is 1. The Kier molecular flexibility index (Phi) is 6.88. The number of hydrogen-bond acceptors (Lipinski definition) is 4. The van der Waals surface area contributed by atoms with Gasteiger partial charge in [0.05, 0.1) is 18.2 Å². The monoisotopic (exact) mass is 394 g/mol. The van der Waals surface area contributed by atoms with Crippen LogP contribution in [0, 0.1) is 11.8 Å². The van der Waals surface area contributed by atoms with Gasteiger partial charge >= 0.3 is 0 Å². The molecule has 1 amide bonds. The molecule has 2 heterocycles. The van der Waals surface area contributed by atoms with E-state index in [1.807, 2.05) is 12.1 Å². The summed E-state index contributed by atoms with van der Waals surface area (Å²) >= 11 is 6.40. The summed E-state index contributed by atoms with van der Waals surface area (Å²) in [6.45, 7) is 10.3. The molecule has 150 valence electrons. The topological polar surface area (TPSA) is 50.8 Å². The van der Waals surface area contributed by atoms with Crippen molar-refractivity contribution >= 4 is 17.5 Å². The summed E-state index contributed by atoms with van der Waals surface area (Å²) in [6.07, 6.45) is 2.66. The average molecular weight is 395 g/mol. The molecule has 2 aliphatic rings. The van der Waals surface area contributed by atoms with Crippen LogP contribution >= 0.6 is 11.6 Å². The van der Waals surface area contributed by atoms with E-state index >= 15 is 0 Å². The number of ether oxygens (including phenoxy) is 2. The minimum Gasteiger partial charge on any atom is -0.489 e. The fourth-order valence-corrected chi connectivity index (χ4v) is 3.78. The lowest BCUT2D eigenvalue weighted by Gasteiger charge is -2.32. The van der Waals surface area contributed by atoms with E-state index in [2.05, 4.69) is 31.0 Å². The molecule has 3 rings (SSSR count). The number of hydrogen-bond donors (Lipinski definition) is 1. The highest BCUT2D eigenvalue weighted by molar-refractivity contribution is 6.32. The second-order valence-corrected chi connectivity index (χ2v) is 8.45. The number of carbonyl (C=O) groups excluding carboxylic acids is 1. The van der Waals surface area contributed by atoms with E-state index in [1.54, 1.807) is 0 Å². The number of nitrogens with zero attached hydrogens (tertiary/aromatic N) is 1. The van der Waals surface area contributed by atoms with Gasteiger partial charge in [0.1, 0.15) is 0 Å². The van der Waals surface area contributed by atoms with Crippen molar-refractivity contribution in [3.63, 3.8) is 0 Å². The molecule has 5 nitrogen and oxygen atoms in total. The number of fused-ring (bicyclic) bond motifs is 1. The van der Waals surface area contributed by atoms with E-state index in [9.17, 15) is 4.79 Å². The molecule has 1 fully saturated rings.